The number of ketones is 1. The highest BCUT2D eigenvalue weighted by Gasteiger charge is 2.03. The molecule has 0 unspecified atom stereocenters. The van der Waals surface area contributed by atoms with Gasteiger partial charge in [0, 0.05) is 13.5 Å². The molecule has 0 aromatic rings. The van der Waals surface area contributed by atoms with Crippen molar-refractivity contribution in [2.24, 2.45) is 5.92 Å². The summed E-state index contributed by atoms with van der Waals surface area (Å²) in [5.74, 6) is 0.771. The molecule has 78 valence electrons. The number of ether oxygens (including phenoxy) is 2. The topological polar surface area (TPSA) is 35.5 Å². The number of methoxy groups -OCH3 is 1. The van der Waals surface area contributed by atoms with Gasteiger partial charge in [0.15, 0.2) is 5.78 Å². The molecule has 0 aliphatic carbocycles. The number of carbonyl (C=O) groups is 1. The Labute approximate surface area is 80.4 Å². The Balaban J connectivity index is 3.20. The van der Waals surface area contributed by atoms with Gasteiger partial charge in [-0.3, -0.25) is 4.79 Å². The molecule has 0 amide bonds. The Morgan fingerprint density at radius 1 is 1.31 bits per heavy atom. The van der Waals surface area contributed by atoms with Crippen LogP contribution < -0.4 is 0 Å². The Bertz CT molecular complexity index is 132. The van der Waals surface area contributed by atoms with Crippen molar-refractivity contribution in [3.05, 3.63) is 0 Å². The first kappa shape index (κ1) is 12.6. The van der Waals surface area contributed by atoms with E-state index in [1.807, 2.05) is 0 Å². The second kappa shape index (κ2) is 8.20. The SMILES string of the molecule is COCCOCC(=O)CCC(C)C. The lowest BCUT2D eigenvalue weighted by atomic mass is 10.1. The zero-order valence-electron chi connectivity index (χ0n) is 8.84. The number of hydrogen-bond acceptors (Lipinski definition) is 3. The summed E-state index contributed by atoms with van der Waals surface area (Å²) in [5.41, 5.74) is 0. The van der Waals surface area contributed by atoms with Gasteiger partial charge in [-0.1, -0.05) is 13.8 Å². The van der Waals surface area contributed by atoms with Crippen molar-refractivity contribution in [1.82, 2.24) is 0 Å². The molecule has 0 bridgehead atoms. The average molecular weight is 188 g/mol. The molecule has 0 saturated heterocycles. The van der Waals surface area contributed by atoms with Crippen LogP contribution in [0.5, 0.6) is 0 Å². The molecule has 3 heteroatoms. The van der Waals surface area contributed by atoms with Gasteiger partial charge in [-0.15, -0.1) is 0 Å². The normalized spacial score (nSPS) is 10.8. The maximum Gasteiger partial charge on any atom is 0.158 e. The lowest BCUT2D eigenvalue weighted by Gasteiger charge is -2.04. The van der Waals surface area contributed by atoms with Crippen molar-refractivity contribution in [2.45, 2.75) is 26.7 Å². The Morgan fingerprint density at radius 3 is 2.54 bits per heavy atom. The summed E-state index contributed by atoms with van der Waals surface area (Å²) in [6.07, 6.45) is 1.58. The Morgan fingerprint density at radius 2 is 2.00 bits per heavy atom. The number of hydrogen-bond donors (Lipinski definition) is 0. The smallest absolute Gasteiger partial charge is 0.158 e. The molecule has 0 aliphatic rings. The summed E-state index contributed by atoms with van der Waals surface area (Å²) in [6.45, 7) is 5.51. The van der Waals surface area contributed by atoms with Crippen LogP contribution in [0.1, 0.15) is 26.7 Å². The second-order valence-corrected chi connectivity index (χ2v) is 3.52. The summed E-state index contributed by atoms with van der Waals surface area (Å²) in [4.78, 5) is 11.1. The van der Waals surface area contributed by atoms with Crippen LogP contribution in [0.2, 0.25) is 0 Å². The molecule has 3 nitrogen and oxygen atoms in total. The summed E-state index contributed by atoms with van der Waals surface area (Å²) < 4.78 is 9.88. The Kier molecular flexibility index (Phi) is 7.94. The largest absolute Gasteiger partial charge is 0.382 e. The minimum Gasteiger partial charge on any atom is -0.382 e. The van der Waals surface area contributed by atoms with Gasteiger partial charge in [-0.25, -0.2) is 0 Å². The van der Waals surface area contributed by atoms with Crippen molar-refractivity contribution in [3.63, 3.8) is 0 Å². The van der Waals surface area contributed by atoms with Crippen LogP contribution in [-0.4, -0.2) is 32.7 Å². The highest BCUT2D eigenvalue weighted by molar-refractivity contribution is 5.79. The zero-order chi connectivity index (χ0) is 10.1. The summed E-state index contributed by atoms with van der Waals surface area (Å²) in [7, 11) is 1.62. The van der Waals surface area contributed by atoms with Crippen molar-refractivity contribution in [2.75, 3.05) is 26.9 Å². The van der Waals surface area contributed by atoms with Crippen LogP contribution >= 0.6 is 0 Å². The van der Waals surface area contributed by atoms with E-state index in [2.05, 4.69) is 13.8 Å². The van der Waals surface area contributed by atoms with E-state index < -0.39 is 0 Å². The van der Waals surface area contributed by atoms with Gasteiger partial charge in [0.1, 0.15) is 6.61 Å². The van der Waals surface area contributed by atoms with Crippen LogP contribution in [-0.2, 0) is 14.3 Å². The Hall–Kier alpha value is -0.410. The third-order valence-corrected chi connectivity index (χ3v) is 1.70. The van der Waals surface area contributed by atoms with Gasteiger partial charge in [0.25, 0.3) is 0 Å². The maximum atomic E-state index is 11.1. The molecule has 0 heterocycles. The highest BCUT2D eigenvalue weighted by Crippen LogP contribution is 2.03. The quantitative estimate of drug-likeness (QED) is 0.543. The van der Waals surface area contributed by atoms with Crippen molar-refractivity contribution in [1.29, 1.82) is 0 Å². The van der Waals surface area contributed by atoms with E-state index >= 15 is 0 Å². The molecule has 0 aromatic heterocycles. The predicted molar refractivity (Wildman–Crippen MR) is 51.8 cm³/mol. The van der Waals surface area contributed by atoms with Crippen molar-refractivity contribution < 1.29 is 14.3 Å². The van der Waals surface area contributed by atoms with E-state index in [4.69, 9.17) is 9.47 Å². The van der Waals surface area contributed by atoms with Crippen LogP contribution in [0, 0.1) is 5.92 Å². The molecule has 0 fully saturated rings. The predicted octanol–water partition coefficient (Wildman–Crippen LogP) is 1.65. The standard InChI is InChI=1S/C10H20O3/c1-9(2)4-5-10(11)8-13-7-6-12-3/h9H,4-8H2,1-3H3. The first-order valence-electron chi connectivity index (χ1n) is 4.75. The van der Waals surface area contributed by atoms with E-state index in [0.717, 1.165) is 6.42 Å². The molecular formula is C10H20O3. The molecule has 0 saturated carbocycles. The van der Waals surface area contributed by atoms with Gasteiger partial charge in [0.2, 0.25) is 0 Å². The van der Waals surface area contributed by atoms with Crippen molar-refractivity contribution in [3.8, 4) is 0 Å². The van der Waals surface area contributed by atoms with E-state index in [9.17, 15) is 4.79 Å². The van der Waals surface area contributed by atoms with Crippen molar-refractivity contribution >= 4 is 5.78 Å². The zero-order valence-corrected chi connectivity index (χ0v) is 8.84. The van der Waals surface area contributed by atoms with Crippen LogP contribution in [0.15, 0.2) is 0 Å². The number of carbonyl (C=O) groups excluding carboxylic acids is 1. The monoisotopic (exact) mass is 188 g/mol. The summed E-state index contributed by atoms with van der Waals surface area (Å²) >= 11 is 0. The molecule has 0 rings (SSSR count). The highest BCUT2D eigenvalue weighted by atomic mass is 16.5. The van der Waals surface area contributed by atoms with E-state index in [0.29, 0.717) is 25.6 Å². The second-order valence-electron chi connectivity index (χ2n) is 3.52. The summed E-state index contributed by atoms with van der Waals surface area (Å²) in [6, 6.07) is 0. The molecule has 0 aliphatic heterocycles. The molecule has 0 spiro atoms. The minimum absolute atomic E-state index is 0.185. The molecule has 0 radical (unpaired) electrons. The van der Waals surface area contributed by atoms with Crippen LogP contribution in [0.3, 0.4) is 0 Å². The van der Waals surface area contributed by atoms with Gasteiger partial charge in [-0.05, 0) is 12.3 Å². The lowest BCUT2D eigenvalue weighted by molar-refractivity contribution is -0.124. The van der Waals surface area contributed by atoms with Gasteiger partial charge < -0.3 is 9.47 Å². The lowest BCUT2D eigenvalue weighted by Crippen LogP contribution is -2.12. The van der Waals surface area contributed by atoms with Gasteiger partial charge in [-0.2, -0.15) is 0 Å². The van der Waals surface area contributed by atoms with Gasteiger partial charge in [0.05, 0.1) is 13.2 Å². The number of rotatable bonds is 8. The molecule has 13 heavy (non-hydrogen) atoms. The third kappa shape index (κ3) is 9.50. The first-order valence-corrected chi connectivity index (χ1v) is 4.75. The summed E-state index contributed by atoms with van der Waals surface area (Å²) in [5, 5.41) is 0. The van der Waals surface area contributed by atoms with E-state index in [1.54, 1.807) is 7.11 Å². The molecular weight excluding hydrogens is 168 g/mol. The third-order valence-electron chi connectivity index (χ3n) is 1.70. The minimum atomic E-state index is 0.185. The number of Topliss-reactive ketones (excluding diaryl/α,β-unsaturated/α-hetero) is 1. The fourth-order valence-corrected chi connectivity index (χ4v) is 0.850. The molecule has 0 N–H and O–H groups in total. The van der Waals surface area contributed by atoms with Crippen LogP contribution in [0.4, 0.5) is 0 Å². The molecule has 0 aromatic carbocycles. The van der Waals surface area contributed by atoms with E-state index in [-0.39, 0.29) is 12.4 Å². The fraction of sp³-hybridized carbons (Fsp3) is 0.900. The van der Waals surface area contributed by atoms with Gasteiger partial charge >= 0.3 is 0 Å². The average Bonchev–Trinajstić information content (AvgIpc) is 2.09. The molecule has 0 atom stereocenters. The van der Waals surface area contributed by atoms with Crippen LogP contribution in [0.25, 0.3) is 0 Å². The maximum absolute atomic E-state index is 11.1. The first-order chi connectivity index (χ1) is 6.16. The fourth-order valence-electron chi connectivity index (χ4n) is 0.850. The van der Waals surface area contributed by atoms with E-state index in [1.165, 1.54) is 0 Å².